The molecule has 1 spiro atoms. The molecule has 136 valence electrons. The minimum Gasteiger partial charge on any atom is -0.369 e. The van der Waals surface area contributed by atoms with Crippen molar-refractivity contribution in [3.05, 3.63) is 18.0 Å². The van der Waals surface area contributed by atoms with E-state index in [-0.39, 0.29) is 23.5 Å². The second-order valence-electron chi connectivity index (χ2n) is 7.46. The van der Waals surface area contributed by atoms with Crippen molar-refractivity contribution in [2.45, 2.75) is 50.8 Å². The fourth-order valence-corrected chi connectivity index (χ4v) is 4.26. The van der Waals surface area contributed by atoms with Gasteiger partial charge in [0.2, 0.25) is 0 Å². The zero-order chi connectivity index (χ0) is 17.6. The molecule has 4 rings (SSSR count). The van der Waals surface area contributed by atoms with Gasteiger partial charge < -0.3 is 14.5 Å². The first kappa shape index (κ1) is 16.6. The van der Waals surface area contributed by atoms with Crippen LogP contribution in [0.1, 0.15) is 43.1 Å². The quantitative estimate of drug-likeness (QED) is 0.750. The molecule has 0 N–H and O–H groups in total. The largest absolute Gasteiger partial charge is 0.369 e. The van der Waals surface area contributed by atoms with E-state index in [9.17, 15) is 9.59 Å². The van der Waals surface area contributed by atoms with Crippen LogP contribution >= 0.6 is 0 Å². The predicted octanol–water partition coefficient (Wildman–Crippen LogP) is 1.14. The van der Waals surface area contributed by atoms with E-state index >= 15 is 0 Å². The molecule has 1 aromatic heterocycles. The van der Waals surface area contributed by atoms with Crippen molar-refractivity contribution in [3.8, 4) is 0 Å². The molecule has 3 fully saturated rings. The van der Waals surface area contributed by atoms with Gasteiger partial charge in [-0.3, -0.25) is 14.3 Å². The van der Waals surface area contributed by atoms with Gasteiger partial charge in [0.15, 0.2) is 6.10 Å². The Kier molecular flexibility index (Phi) is 4.06. The predicted molar refractivity (Wildman–Crippen MR) is 91.0 cm³/mol. The number of amides is 2. The van der Waals surface area contributed by atoms with E-state index in [0.717, 1.165) is 25.9 Å². The Morgan fingerprint density at radius 3 is 2.64 bits per heavy atom. The topological polar surface area (TPSA) is 67.7 Å². The number of β-lactam (4-membered cyclic amide) rings is 1. The number of likely N-dealkylation sites (tertiary alicyclic amines) is 2. The van der Waals surface area contributed by atoms with Gasteiger partial charge in [-0.05, 0) is 44.6 Å². The zero-order valence-corrected chi connectivity index (χ0v) is 15.0. The molecule has 1 aromatic rings. The summed E-state index contributed by atoms with van der Waals surface area (Å²) in [5.74, 6) is 0.766. The average Bonchev–Trinajstić information content (AvgIpc) is 3.34. The lowest BCUT2D eigenvalue weighted by Crippen LogP contribution is -2.77. The molecule has 0 radical (unpaired) electrons. The van der Waals surface area contributed by atoms with E-state index in [2.05, 4.69) is 5.10 Å². The molecule has 25 heavy (non-hydrogen) atoms. The second-order valence-corrected chi connectivity index (χ2v) is 7.46. The van der Waals surface area contributed by atoms with Crippen molar-refractivity contribution in [2.24, 2.45) is 5.92 Å². The summed E-state index contributed by atoms with van der Waals surface area (Å²) >= 11 is 0. The van der Waals surface area contributed by atoms with Crippen LogP contribution in [0.15, 0.2) is 12.3 Å². The van der Waals surface area contributed by atoms with E-state index in [4.69, 9.17) is 4.74 Å². The lowest BCUT2D eigenvalue weighted by Gasteiger charge is -2.59. The monoisotopic (exact) mass is 346 g/mol. The number of rotatable bonds is 5. The van der Waals surface area contributed by atoms with Crippen LogP contribution < -0.4 is 0 Å². The summed E-state index contributed by atoms with van der Waals surface area (Å²) in [5.41, 5.74) is 0.286. The lowest BCUT2D eigenvalue weighted by atomic mass is 9.72. The summed E-state index contributed by atoms with van der Waals surface area (Å²) in [6, 6.07) is 1.78. The van der Waals surface area contributed by atoms with Crippen LogP contribution in [0.5, 0.6) is 0 Å². The Hall–Kier alpha value is -1.89. The highest BCUT2D eigenvalue weighted by atomic mass is 16.5. The van der Waals surface area contributed by atoms with Crippen LogP contribution in [0.3, 0.4) is 0 Å². The minimum atomic E-state index is -0.345. The molecule has 1 atom stereocenters. The Labute approximate surface area is 147 Å². The van der Waals surface area contributed by atoms with Gasteiger partial charge in [-0.15, -0.1) is 0 Å². The van der Waals surface area contributed by atoms with Crippen molar-refractivity contribution in [1.29, 1.82) is 0 Å². The molecule has 0 bridgehead atoms. The number of aromatic nitrogens is 2. The SMILES string of the molecule is CCn1ccc(C(=O)N2CCC3(CC2)C(OC)C(=O)N3CC2CC2)n1. The number of nitrogens with zero attached hydrogens (tertiary/aromatic N) is 4. The van der Waals surface area contributed by atoms with Gasteiger partial charge in [-0.2, -0.15) is 5.10 Å². The molecule has 1 saturated carbocycles. The number of piperidine rings is 1. The zero-order valence-electron chi connectivity index (χ0n) is 15.0. The maximum Gasteiger partial charge on any atom is 0.274 e. The van der Waals surface area contributed by atoms with Crippen LogP contribution in [0.4, 0.5) is 0 Å². The molecular weight excluding hydrogens is 320 g/mol. The van der Waals surface area contributed by atoms with Gasteiger partial charge in [-0.25, -0.2) is 0 Å². The van der Waals surface area contributed by atoms with E-state index in [1.165, 1.54) is 12.8 Å². The van der Waals surface area contributed by atoms with Gasteiger partial charge in [0.25, 0.3) is 11.8 Å². The molecule has 3 heterocycles. The molecule has 3 aliphatic rings. The Morgan fingerprint density at radius 2 is 2.08 bits per heavy atom. The maximum atomic E-state index is 12.7. The highest BCUT2D eigenvalue weighted by Gasteiger charge is 2.61. The van der Waals surface area contributed by atoms with Crippen molar-refractivity contribution in [3.63, 3.8) is 0 Å². The molecule has 1 unspecified atom stereocenters. The van der Waals surface area contributed by atoms with E-state index < -0.39 is 0 Å². The van der Waals surface area contributed by atoms with E-state index in [0.29, 0.717) is 24.7 Å². The van der Waals surface area contributed by atoms with Crippen LogP contribution in [0.25, 0.3) is 0 Å². The van der Waals surface area contributed by atoms with Crippen LogP contribution in [-0.4, -0.2) is 69.8 Å². The summed E-state index contributed by atoms with van der Waals surface area (Å²) in [7, 11) is 1.62. The van der Waals surface area contributed by atoms with Gasteiger partial charge in [0.05, 0.1) is 5.54 Å². The molecule has 0 aromatic carbocycles. The van der Waals surface area contributed by atoms with E-state index in [1.54, 1.807) is 17.9 Å². The van der Waals surface area contributed by atoms with Gasteiger partial charge in [0, 0.05) is 39.5 Å². The van der Waals surface area contributed by atoms with Crippen molar-refractivity contribution in [2.75, 3.05) is 26.7 Å². The van der Waals surface area contributed by atoms with Crippen LogP contribution in [0.2, 0.25) is 0 Å². The molecule has 2 saturated heterocycles. The summed E-state index contributed by atoms with van der Waals surface area (Å²) in [5, 5.41) is 4.32. The standard InChI is InChI=1S/C18H26N4O3/c1-3-21-9-6-14(19-21)16(23)20-10-7-18(8-11-20)15(25-2)17(24)22(18)12-13-4-5-13/h6,9,13,15H,3-5,7-8,10-12H2,1-2H3. The number of methoxy groups -OCH3 is 1. The summed E-state index contributed by atoms with van der Waals surface area (Å²) < 4.78 is 7.28. The Morgan fingerprint density at radius 1 is 1.36 bits per heavy atom. The van der Waals surface area contributed by atoms with Crippen LogP contribution in [-0.2, 0) is 16.1 Å². The molecule has 1 aliphatic carbocycles. The number of ether oxygens (including phenoxy) is 1. The fourth-order valence-electron chi connectivity index (χ4n) is 4.26. The molecule has 2 amide bonds. The lowest BCUT2D eigenvalue weighted by molar-refractivity contribution is -0.198. The first-order chi connectivity index (χ1) is 12.1. The fraction of sp³-hybridized carbons (Fsp3) is 0.722. The summed E-state index contributed by atoms with van der Waals surface area (Å²) in [6.45, 7) is 4.90. The summed E-state index contributed by atoms with van der Waals surface area (Å²) in [4.78, 5) is 29.0. The van der Waals surface area contributed by atoms with Gasteiger partial charge >= 0.3 is 0 Å². The number of aryl methyl sites for hydroxylation is 1. The van der Waals surface area contributed by atoms with Gasteiger partial charge in [-0.1, -0.05) is 0 Å². The summed E-state index contributed by atoms with van der Waals surface area (Å²) in [6.07, 6.45) is 5.50. The number of hydrogen-bond donors (Lipinski definition) is 0. The highest BCUT2D eigenvalue weighted by molar-refractivity contribution is 5.93. The number of hydrogen-bond acceptors (Lipinski definition) is 4. The van der Waals surface area contributed by atoms with E-state index in [1.807, 2.05) is 22.9 Å². The Bertz CT molecular complexity index is 674. The maximum absolute atomic E-state index is 12.7. The average molecular weight is 346 g/mol. The third-order valence-corrected chi connectivity index (χ3v) is 5.99. The normalized spacial score (nSPS) is 25.4. The highest BCUT2D eigenvalue weighted by Crippen LogP contribution is 2.45. The van der Waals surface area contributed by atoms with Gasteiger partial charge in [0.1, 0.15) is 5.69 Å². The van der Waals surface area contributed by atoms with Crippen molar-refractivity contribution < 1.29 is 14.3 Å². The molecule has 7 nitrogen and oxygen atoms in total. The molecule has 2 aliphatic heterocycles. The Balaban J connectivity index is 1.44. The van der Waals surface area contributed by atoms with Crippen molar-refractivity contribution in [1.82, 2.24) is 19.6 Å². The number of carbonyl (C=O) groups is 2. The number of carbonyl (C=O) groups excluding carboxylic acids is 2. The van der Waals surface area contributed by atoms with Crippen LogP contribution in [0, 0.1) is 5.92 Å². The third-order valence-electron chi connectivity index (χ3n) is 5.99. The second kappa shape index (κ2) is 6.12. The third kappa shape index (κ3) is 2.65. The smallest absolute Gasteiger partial charge is 0.274 e. The molecule has 7 heteroatoms. The first-order valence-electron chi connectivity index (χ1n) is 9.26. The van der Waals surface area contributed by atoms with Crippen molar-refractivity contribution >= 4 is 11.8 Å². The molecular formula is C18H26N4O3. The minimum absolute atomic E-state index is 0.0181. The first-order valence-corrected chi connectivity index (χ1v) is 9.26.